The minimum Gasteiger partial charge on any atom is -0.478 e. The Morgan fingerprint density at radius 3 is 2.40 bits per heavy atom. The van der Waals surface area contributed by atoms with Gasteiger partial charge in [-0.15, -0.1) is 11.3 Å². The molecule has 0 spiro atoms. The topological polar surface area (TPSA) is 141 Å². The molecule has 0 aliphatic rings. The van der Waals surface area contributed by atoms with E-state index in [0.717, 1.165) is 26.9 Å². The summed E-state index contributed by atoms with van der Waals surface area (Å²) in [6, 6.07) is 19.2. The summed E-state index contributed by atoms with van der Waals surface area (Å²) in [5.74, 6) is -1.58. The molecule has 3 aromatic carbocycles. The van der Waals surface area contributed by atoms with Gasteiger partial charge in [-0.1, -0.05) is 48.0 Å². The average molecular weight is 575 g/mol. The van der Waals surface area contributed by atoms with Crippen molar-refractivity contribution in [2.24, 2.45) is 0 Å². The Balaban J connectivity index is 1.43. The largest absolute Gasteiger partial charge is 0.478 e. The lowest BCUT2D eigenvalue weighted by Gasteiger charge is -2.18. The first-order valence-electron chi connectivity index (χ1n) is 12.4. The maximum atomic E-state index is 13.6. The number of hydrogen-bond acceptors (Lipinski definition) is 6. The van der Waals surface area contributed by atoms with Gasteiger partial charge in [0.05, 0.1) is 16.2 Å². The summed E-state index contributed by atoms with van der Waals surface area (Å²) in [6.45, 7) is 3.71. The highest BCUT2D eigenvalue weighted by atomic mass is 32.2. The molecule has 1 amide bonds. The van der Waals surface area contributed by atoms with Crippen molar-refractivity contribution in [1.82, 2.24) is 14.7 Å². The smallest absolute Gasteiger partial charge is 0.335 e. The molecule has 204 valence electrons. The van der Waals surface area contributed by atoms with Gasteiger partial charge in [0.1, 0.15) is 6.04 Å². The number of thiazole rings is 1. The number of benzene rings is 3. The number of aromatic nitrogens is 2. The van der Waals surface area contributed by atoms with E-state index in [2.05, 4.69) is 20.0 Å². The van der Waals surface area contributed by atoms with E-state index in [0.29, 0.717) is 16.4 Å². The van der Waals surface area contributed by atoms with Gasteiger partial charge in [-0.25, -0.2) is 18.2 Å². The molecule has 0 aliphatic heterocycles. The summed E-state index contributed by atoms with van der Waals surface area (Å²) in [5, 5.41) is 13.1. The fourth-order valence-corrected chi connectivity index (χ4v) is 6.40. The number of carboxylic acid groups (broad SMARTS) is 1. The van der Waals surface area contributed by atoms with Gasteiger partial charge in [0.15, 0.2) is 5.13 Å². The summed E-state index contributed by atoms with van der Waals surface area (Å²) in [6.07, 6.45) is 1.88. The van der Waals surface area contributed by atoms with Gasteiger partial charge < -0.3 is 15.4 Å². The molecule has 40 heavy (non-hydrogen) atoms. The van der Waals surface area contributed by atoms with Crippen molar-refractivity contribution < 1.29 is 23.1 Å². The number of carbonyl (C=O) groups is 2. The Morgan fingerprint density at radius 1 is 1.00 bits per heavy atom. The highest BCUT2D eigenvalue weighted by Gasteiger charge is 2.28. The van der Waals surface area contributed by atoms with Crippen LogP contribution in [0, 0.1) is 13.8 Å². The minimum atomic E-state index is -4.01. The molecular formula is C29H26N4O5S2. The molecule has 0 bridgehead atoms. The number of carbonyl (C=O) groups excluding carboxylic acids is 1. The summed E-state index contributed by atoms with van der Waals surface area (Å²) in [4.78, 5) is 33.3. The van der Waals surface area contributed by atoms with E-state index < -0.39 is 27.9 Å². The number of hydrogen-bond donors (Lipinski definition) is 4. The molecule has 0 unspecified atom stereocenters. The zero-order valence-corrected chi connectivity index (χ0v) is 23.3. The second-order valence-electron chi connectivity index (χ2n) is 9.35. The van der Waals surface area contributed by atoms with Crippen molar-refractivity contribution >= 4 is 49.3 Å². The van der Waals surface area contributed by atoms with Crippen molar-refractivity contribution in [2.75, 3.05) is 5.32 Å². The van der Waals surface area contributed by atoms with Gasteiger partial charge >= 0.3 is 5.97 Å². The highest BCUT2D eigenvalue weighted by molar-refractivity contribution is 7.89. The van der Waals surface area contributed by atoms with Gasteiger partial charge in [-0.2, -0.15) is 4.72 Å². The minimum absolute atomic E-state index is 0.0620. The zero-order valence-electron chi connectivity index (χ0n) is 21.6. The van der Waals surface area contributed by atoms with Gasteiger partial charge in [-0.05, 0) is 56.2 Å². The summed E-state index contributed by atoms with van der Waals surface area (Å²) in [5.41, 5.74) is 4.05. The monoisotopic (exact) mass is 574 g/mol. The Hall–Kier alpha value is -4.32. The number of aromatic amines is 1. The third kappa shape index (κ3) is 5.81. The number of anilines is 1. The fraction of sp³-hybridized carbons (Fsp3) is 0.138. The van der Waals surface area contributed by atoms with Crippen LogP contribution < -0.4 is 10.0 Å². The standard InChI is InChI=1S/C29H26N4O5S2/c1-17-7-13-22(14-8-17)40(37,38)33-25(15-21-16-30-24-6-4-3-5-23(21)24)27(34)32-29-31-26(18(2)39-29)19-9-11-20(12-10-19)28(35)36/h3-14,16,25,30,33H,15H2,1-2H3,(H,35,36)(H,31,32,34)/t25-/m0/s1. The number of aromatic carboxylic acids is 1. The van der Waals surface area contributed by atoms with E-state index in [-0.39, 0.29) is 16.9 Å². The Labute approximate surface area is 235 Å². The van der Waals surface area contributed by atoms with Crippen LogP contribution in [0.1, 0.15) is 26.4 Å². The molecular weight excluding hydrogens is 548 g/mol. The first-order valence-corrected chi connectivity index (χ1v) is 14.7. The van der Waals surface area contributed by atoms with Crippen molar-refractivity contribution in [3.8, 4) is 11.3 Å². The first kappa shape index (κ1) is 27.3. The lowest BCUT2D eigenvalue weighted by atomic mass is 10.1. The number of amides is 1. The number of nitrogens with one attached hydrogen (secondary N) is 3. The van der Waals surface area contributed by atoms with Gasteiger partial charge in [-0.3, -0.25) is 4.79 Å². The number of rotatable bonds is 9. The number of nitrogens with zero attached hydrogens (tertiary/aromatic N) is 1. The molecule has 0 saturated heterocycles. The molecule has 0 radical (unpaired) electrons. The number of H-pyrrole nitrogens is 1. The maximum Gasteiger partial charge on any atom is 0.335 e. The maximum absolute atomic E-state index is 13.6. The molecule has 2 heterocycles. The second-order valence-corrected chi connectivity index (χ2v) is 12.3. The van der Waals surface area contributed by atoms with Crippen molar-refractivity contribution in [3.05, 3.63) is 101 Å². The predicted octanol–water partition coefficient (Wildman–Crippen LogP) is 5.13. The molecule has 0 aliphatic carbocycles. The molecule has 9 nitrogen and oxygen atoms in total. The van der Waals surface area contributed by atoms with Crippen LogP contribution >= 0.6 is 11.3 Å². The Bertz CT molecular complexity index is 1810. The van der Waals surface area contributed by atoms with E-state index in [1.807, 2.05) is 38.1 Å². The molecule has 0 fully saturated rings. The number of fused-ring (bicyclic) bond motifs is 1. The van der Waals surface area contributed by atoms with Crippen molar-refractivity contribution in [2.45, 2.75) is 31.2 Å². The van der Waals surface area contributed by atoms with E-state index >= 15 is 0 Å². The fourth-order valence-electron chi connectivity index (χ4n) is 4.36. The number of aryl methyl sites for hydroxylation is 2. The van der Waals surface area contributed by atoms with E-state index in [9.17, 15) is 18.0 Å². The lowest BCUT2D eigenvalue weighted by Crippen LogP contribution is -2.45. The van der Waals surface area contributed by atoms with Gasteiger partial charge in [0, 0.05) is 27.5 Å². The van der Waals surface area contributed by atoms with Crippen LogP contribution in [0.5, 0.6) is 0 Å². The third-order valence-corrected chi connectivity index (χ3v) is 8.85. The molecule has 4 N–H and O–H groups in total. The predicted molar refractivity (Wildman–Crippen MR) is 155 cm³/mol. The van der Waals surface area contributed by atoms with E-state index in [4.69, 9.17) is 5.11 Å². The Morgan fingerprint density at radius 2 is 1.70 bits per heavy atom. The molecule has 11 heteroatoms. The number of para-hydroxylation sites is 1. The quantitative estimate of drug-likeness (QED) is 0.192. The van der Waals surface area contributed by atoms with Gasteiger partial charge in [0.25, 0.3) is 0 Å². The summed E-state index contributed by atoms with van der Waals surface area (Å²) < 4.78 is 29.1. The van der Waals surface area contributed by atoms with Crippen LogP contribution in [0.2, 0.25) is 0 Å². The van der Waals surface area contributed by atoms with Gasteiger partial charge in [0.2, 0.25) is 15.9 Å². The van der Waals surface area contributed by atoms with Crippen molar-refractivity contribution in [1.29, 1.82) is 0 Å². The van der Waals surface area contributed by atoms with Crippen LogP contribution in [0.4, 0.5) is 5.13 Å². The highest BCUT2D eigenvalue weighted by Crippen LogP contribution is 2.31. The van der Waals surface area contributed by atoms with Crippen LogP contribution in [0.25, 0.3) is 22.2 Å². The summed E-state index contributed by atoms with van der Waals surface area (Å²) >= 11 is 1.25. The molecule has 5 rings (SSSR count). The molecule has 0 saturated carbocycles. The third-order valence-electron chi connectivity index (χ3n) is 6.48. The second kappa shape index (κ2) is 11.0. The van der Waals surface area contributed by atoms with E-state index in [1.165, 1.54) is 35.6 Å². The summed E-state index contributed by atoms with van der Waals surface area (Å²) in [7, 11) is -4.01. The van der Waals surface area contributed by atoms with Crippen molar-refractivity contribution in [3.63, 3.8) is 0 Å². The van der Waals surface area contributed by atoms with Crippen LogP contribution in [0.15, 0.2) is 83.9 Å². The molecule has 5 aromatic rings. The Kier molecular flexibility index (Phi) is 7.53. The number of sulfonamides is 1. The number of carboxylic acids is 1. The van der Waals surface area contributed by atoms with Crippen LogP contribution in [-0.2, 0) is 21.2 Å². The molecule has 2 aromatic heterocycles. The van der Waals surface area contributed by atoms with Crippen LogP contribution in [-0.4, -0.2) is 41.4 Å². The lowest BCUT2D eigenvalue weighted by molar-refractivity contribution is -0.117. The first-order chi connectivity index (χ1) is 19.1. The van der Waals surface area contributed by atoms with E-state index in [1.54, 1.807) is 30.5 Å². The van der Waals surface area contributed by atoms with Crippen LogP contribution in [0.3, 0.4) is 0 Å². The SMILES string of the molecule is Cc1ccc(S(=O)(=O)N[C@@H](Cc2c[nH]c3ccccc23)C(=O)Nc2nc(-c3ccc(C(=O)O)cc3)c(C)s2)cc1. The zero-order chi connectivity index (χ0) is 28.4. The molecule has 1 atom stereocenters. The average Bonchev–Trinajstić information content (AvgIpc) is 3.51. The normalized spacial score (nSPS) is 12.3.